The van der Waals surface area contributed by atoms with Crippen LogP contribution in [0.1, 0.15) is 34.8 Å². The number of carbonyl (C=O) groups is 1. The zero-order chi connectivity index (χ0) is 11.3. The van der Waals surface area contributed by atoms with Gasteiger partial charge in [0, 0.05) is 24.0 Å². The largest absolute Gasteiger partial charge is 0.478 e. The number of aromatic carboxylic acids is 1. The maximum atomic E-state index is 10.8. The summed E-state index contributed by atoms with van der Waals surface area (Å²) < 4.78 is 1.88. The van der Waals surface area contributed by atoms with Gasteiger partial charge in [0.1, 0.15) is 0 Å². The average Bonchev–Trinajstić information content (AvgIpc) is 3.00. The second-order valence-electron chi connectivity index (χ2n) is 4.32. The fraction of sp³-hybridized carbons (Fsp3) is 0.333. The number of carboxylic acid groups (broad SMARTS) is 1. The standard InChI is InChI=1S/C12H12N2O2/c1-14-11(7-2-3-7)9-5-4-8(12(15)16)6-10(9)13-14/h4-7H,2-3H2,1H3,(H,15,16). The van der Waals surface area contributed by atoms with Crippen LogP contribution in [0.15, 0.2) is 18.2 Å². The fourth-order valence-corrected chi connectivity index (χ4v) is 2.19. The number of carboxylic acids is 1. The highest BCUT2D eigenvalue weighted by molar-refractivity contribution is 5.94. The van der Waals surface area contributed by atoms with Crippen LogP contribution in [0.2, 0.25) is 0 Å². The van der Waals surface area contributed by atoms with Gasteiger partial charge in [0.2, 0.25) is 0 Å². The van der Waals surface area contributed by atoms with E-state index in [4.69, 9.17) is 5.11 Å². The molecule has 0 unspecified atom stereocenters. The third-order valence-corrected chi connectivity index (χ3v) is 3.09. The normalized spacial score (nSPS) is 15.6. The Morgan fingerprint density at radius 2 is 2.25 bits per heavy atom. The number of rotatable bonds is 2. The van der Waals surface area contributed by atoms with Gasteiger partial charge in [0.05, 0.1) is 11.1 Å². The van der Waals surface area contributed by atoms with Crippen molar-refractivity contribution >= 4 is 16.9 Å². The lowest BCUT2D eigenvalue weighted by Crippen LogP contribution is -1.95. The van der Waals surface area contributed by atoms with E-state index in [1.165, 1.54) is 18.5 Å². The van der Waals surface area contributed by atoms with Crippen LogP contribution in [0.3, 0.4) is 0 Å². The van der Waals surface area contributed by atoms with Crippen molar-refractivity contribution in [1.82, 2.24) is 9.78 Å². The van der Waals surface area contributed by atoms with Gasteiger partial charge in [-0.15, -0.1) is 0 Å². The van der Waals surface area contributed by atoms with E-state index < -0.39 is 5.97 Å². The summed E-state index contributed by atoms with van der Waals surface area (Å²) in [4.78, 5) is 10.8. The molecule has 0 atom stereocenters. The predicted octanol–water partition coefficient (Wildman–Crippen LogP) is 2.15. The Bertz CT molecular complexity index is 582. The minimum absolute atomic E-state index is 0.299. The first-order chi connectivity index (χ1) is 7.66. The molecule has 16 heavy (non-hydrogen) atoms. The van der Waals surface area contributed by atoms with Crippen LogP contribution in [0.4, 0.5) is 0 Å². The molecule has 0 amide bonds. The van der Waals surface area contributed by atoms with Gasteiger partial charge >= 0.3 is 5.97 Å². The SMILES string of the molecule is Cn1nc2cc(C(=O)O)ccc2c1C1CC1. The molecule has 1 heterocycles. The summed E-state index contributed by atoms with van der Waals surface area (Å²) >= 11 is 0. The molecule has 1 N–H and O–H groups in total. The summed E-state index contributed by atoms with van der Waals surface area (Å²) in [6.07, 6.45) is 2.44. The van der Waals surface area contributed by atoms with E-state index in [0.717, 1.165) is 10.9 Å². The minimum Gasteiger partial charge on any atom is -0.478 e. The molecule has 1 aromatic carbocycles. The van der Waals surface area contributed by atoms with Crippen LogP contribution < -0.4 is 0 Å². The van der Waals surface area contributed by atoms with Crippen LogP contribution >= 0.6 is 0 Å². The van der Waals surface area contributed by atoms with Crippen LogP contribution in [-0.4, -0.2) is 20.9 Å². The monoisotopic (exact) mass is 216 g/mol. The Kier molecular flexibility index (Phi) is 1.80. The van der Waals surface area contributed by atoms with Gasteiger partial charge < -0.3 is 5.11 Å². The molecule has 82 valence electrons. The van der Waals surface area contributed by atoms with Crippen molar-refractivity contribution in [3.05, 3.63) is 29.5 Å². The molecule has 0 aliphatic heterocycles. The number of aryl methyl sites for hydroxylation is 1. The number of hydrogen-bond acceptors (Lipinski definition) is 2. The lowest BCUT2D eigenvalue weighted by Gasteiger charge is -1.98. The lowest BCUT2D eigenvalue weighted by atomic mass is 10.1. The smallest absolute Gasteiger partial charge is 0.335 e. The zero-order valence-corrected chi connectivity index (χ0v) is 8.97. The van der Waals surface area contributed by atoms with Gasteiger partial charge in [-0.05, 0) is 25.0 Å². The summed E-state index contributed by atoms with van der Waals surface area (Å²) in [5.74, 6) is -0.286. The maximum Gasteiger partial charge on any atom is 0.335 e. The first-order valence-corrected chi connectivity index (χ1v) is 5.37. The molecule has 0 radical (unpaired) electrons. The van der Waals surface area contributed by atoms with Crippen molar-refractivity contribution in [2.45, 2.75) is 18.8 Å². The summed E-state index contributed by atoms with van der Waals surface area (Å²) in [5, 5.41) is 14.4. The van der Waals surface area contributed by atoms with Gasteiger partial charge in [-0.25, -0.2) is 4.79 Å². The molecule has 3 rings (SSSR count). The van der Waals surface area contributed by atoms with E-state index >= 15 is 0 Å². The van der Waals surface area contributed by atoms with E-state index in [9.17, 15) is 4.79 Å². The average molecular weight is 216 g/mol. The van der Waals surface area contributed by atoms with Gasteiger partial charge in [-0.1, -0.05) is 6.07 Å². The number of aromatic nitrogens is 2. The van der Waals surface area contributed by atoms with Gasteiger partial charge in [-0.3, -0.25) is 4.68 Å². The van der Waals surface area contributed by atoms with Crippen LogP contribution in [0.25, 0.3) is 10.9 Å². The Labute approximate surface area is 92.5 Å². The van der Waals surface area contributed by atoms with Gasteiger partial charge in [0.15, 0.2) is 0 Å². The van der Waals surface area contributed by atoms with Crippen molar-refractivity contribution in [3.63, 3.8) is 0 Å². The topological polar surface area (TPSA) is 55.1 Å². The number of nitrogens with zero attached hydrogens (tertiary/aromatic N) is 2. The first kappa shape index (κ1) is 9.39. The van der Waals surface area contributed by atoms with Gasteiger partial charge in [0.25, 0.3) is 0 Å². The highest BCUT2D eigenvalue weighted by atomic mass is 16.4. The minimum atomic E-state index is -0.902. The molecule has 0 saturated heterocycles. The third-order valence-electron chi connectivity index (χ3n) is 3.09. The summed E-state index contributed by atoms with van der Waals surface area (Å²) in [6, 6.07) is 5.17. The molecule has 0 spiro atoms. The molecular weight excluding hydrogens is 204 g/mol. The van der Waals surface area contributed by atoms with Crippen LogP contribution in [-0.2, 0) is 7.05 Å². The van der Waals surface area contributed by atoms with E-state index in [-0.39, 0.29) is 0 Å². The number of hydrogen-bond donors (Lipinski definition) is 1. The molecule has 4 nitrogen and oxygen atoms in total. The predicted molar refractivity (Wildman–Crippen MR) is 59.6 cm³/mol. The van der Waals surface area contributed by atoms with Crippen LogP contribution in [0.5, 0.6) is 0 Å². The van der Waals surface area contributed by atoms with E-state index in [1.807, 2.05) is 17.8 Å². The molecular formula is C12H12N2O2. The van der Waals surface area contributed by atoms with Crippen molar-refractivity contribution in [1.29, 1.82) is 0 Å². The van der Waals surface area contributed by atoms with E-state index in [0.29, 0.717) is 11.5 Å². The fourth-order valence-electron chi connectivity index (χ4n) is 2.19. The number of benzene rings is 1. The number of fused-ring (bicyclic) bond motifs is 1. The van der Waals surface area contributed by atoms with Crippen molar-refractivity contribution in [2.75, 3.05) is 0 Å². The Balaban J connectivity index is 2.23. The second-order valence-corrected chi connectivity index (χ2v) is 4.32. The lowest BCUT2D eigenvalue weighted by molar-refractivity contribution is 0.0697. The Morgan fingerprint density at radius 1 is 1.50 bits per heavy atom. The maximum absolute atomic E-state index is 10.8. The van der Waals surface area contributed by atoms with E-state index in [1.54, 1.807) is 12.1 Å². The molecule has 0 bridgehead atoms. The Morgan fingerprint density at radius 3 is 2.88 bits per heavy atom. The van der Waals surface area contributed by atoms with Crippen molar-refractivity contribution in [2.24, 2.45) is 7.05 Å². The molecule has 4 heteroatoms. The third kappa shape index (κ3) is 1.30. The molecule has 1 fully saturated rings. The van der Waals surface area contributed by atoms with Crippen LogP contribution in [0, 0.1) is 0 Å². The highest BCUT2D eigenvalue weighted by Crippen LogP contribution is 2.42. The highest BCUT2D eigenvalue weighted by Gasteiger charge is 2.29. The summed E-state index contributed by atoms with van der Waals surface area (Å²) in [7, 11) is 1.92. The first-order valence-electron chi connectivity index (χ1n) is 5.37. The summed E-state index contributed by atoms with van der Waals surface area (Å²) in [5.41, 5.74) is 2.32. The molecule has 1 saturated carbocycles. The Hall–Kier alpha value is -1.84. The van der Waals surface area contributed by atoms with Crippen molar-refractivity contribution in [3.8, 4) is 0 Å². The molecule has 1 aliphatic carbocycles. The quantitative estimate of drug-likeness (QED) is 0.836. The molecule has 1 aliphatic rings. The second kappa shape index (κ2) is 3.07. The summed E-state index contributed by atoms with van der Waals surface area (Å²) in [6.45, 7) is 0. The van der Waals surface area contributed by atoms with Gasteiger partial charge in [-0.2, -0.15) is 5.10 Å². The van der Waals surface area contributed by atoms with E-state index in [2.05, 4.69) is 5.10 Å². The zero-order valence-electron chi connectivity index (χ0n) is 8.97. The molecule has 2 aromatic rings. The molecule has 1 aromatic heterocycles. The van der Waals surface area contributed by atoms with Crippen molar-refractivity contribution < 1.29 is 9.90 Å².